The van der Waals surface area contributed by atoms with Gasteiger partial charge in [-0.1, -0.05) is 54.6 Å². The van der Waals surface area contributed by atoms with Crippen LogP contribution in [0.25, 0.3) is 0 Å². The fourth-order valence-corrected chi connectivity index (χ4v) is 1.94. The Hall–Kier alpha value is -2.31. The van der Waals surface area contributed by atoms with Crippen molar-refractivity contribution in [2.75, 3.05) is 6.54 Å². The molecule has 5 nitrogen and oxygen atoms in total. The summed E-state index contributed by atoms with van der Waals surface area (Å²) in [7, 11) is -1.46. The van der Waals surface area contributed by atoms with Crippen LogP contribution in [0.3, 0.4) is 0 Å². The lowest BCUT2D eigenvalue weighted by molar-refractivity contribution is 0.140. The quantitative estimate of drug-likeness (QED) is 0.691. The van der Waals surface area contributed by atoms with Crippen molar-refractivity contribution in [2.45, 2.75) is 13.0 Å². The van der Waals surface area contributed by atoms with Crippen molar-refractivity contribution in [2.24, 2.45) is 0 Å². The molecule has 1 amide bonds. The molecule has 0 heterocycles. The number of hydrogen-bond acceptors (Lipinski definition) is 4. The largest absolute Gasteiger partial charge is 0.488 e. The van der Waals surface area contributed by atoms with E-state index in [2.05, 4.69) is 5.32 Å². The van der Waals surface area contributed by atoms with Crippen LogP contribution in [-0.2, 0) is 17.8 Å². The Bertz CT molecular complexity index is 587. The number of amides is 1. The van der Waals surface area contributed by atoms with Crippen LogP contribution in [0.2, 0.25) is 0 Å². The fraction of sp³-hybridized carbons (Fsp3) is 0.188. The average Bonchev–Trinajstić information content (AvgIpc) is 2.54. The van der Waals surface area contributed by atoms with E-state index in [1.54, 1.807) is 24.3 Å². The summed E-state index contributed by atoms with van der Waals surface area (Å²) in [5, 5.41) is 20.7. The van der Waals surface area contributed by atoms with Crippen LogP contribution in [-0.4, -0.2) is 29.8 Å². The van der Waals surface area contributed by atoms with Gasteiger partial charge in [-0.25, -0.2) is 4.79 Å². The maximum absolute atomic E-state index is 11.6. The van der Waals surface area contributed by atoms with Gasteiger partial charge in [0.1, 0.15) is 6.61 Å². The molecule has 3 N–H and O–H groups in total. The van der Waals surface area contributed by atoms with E-state index in [4.69, 9.17) is 14.8 Å². The summed E-state index contributed by atoms with van der Waals surface area (Å²) in [6, 6.07) is 16.4. The minimum absolute atomic E-state index is 0.246. The highest BCUT2D eigenvalue weighted by Crippen LogP contribution is 2.01. The predicted molar refractivity (Wildman–Crippen MR) is 84.6 cm³/mol. The van der Waals surface area contributed by atoms with Crippen LogP contribution < -0.4 is 10.8 Å². The van der Waals surface area contributed by atoms with E-state index in [0.29, 0.717) is 18.4 Å². The van der Waals surface area contributed by atoms with Crippen LogP contribution in [0.4, 0.5) is 4.79 Å². The smallest absolute Gasteiger partial charge is 0.445 e. The van der Waals surface area contributed by atoms with E-state index in [1.165, 1.54) is 0 Å². The van der Waals surface area contributed by atoms with E-state index in [9.17, 15) is 4.79 Å². The van der Waals surface area contributed by atoms with E-state index in [1.807, 2.05) is 30.3 Å². The SMILES string of the molecule is O=C(NCCc1ccc(B(O)O)cc1)OCc1ccccc1. The van der Waals surface area contributed by atoms with E-state index in [0.717, 1.165) is 11.1 Å². The maximum Gasteiger partial charge on any atom is 0.488 e. The molecule has 0 spiro atoms. The van der Waals surface area contributed by atoms with Gasteiger partial charge in [0.2, 0.25) is 0 Å². The molecular weight excluding hydrogens is 281 g/mol. The molecule has 0 aliphatic rings. The fourth-order valence-electron chi connectivity index (χ4n) is 1.94. The van der Waals surface area contributed by atoms with Crippen molar-refractivity contribution in [1.29, 1.82) is 0 Å². The Morgan fingerprint density at radius 1 is 1.00 bits per heavy atom. The highest BCUT2D eigenvalue weighted by atomic mass is 16.5. The second-order valence-corrected chi connectivity index (χ2v) is 4.85. The number of ether oxygens (including phenoxy) is 1. The number of rotatable bonds is 6. The van der Waals surface area contributed by atoms with Gasteiger partial charge in [-0.3, -0.25) is 0 Å². The van der Waals surface area contributed by atoms with Crippen molar-refractivity contribution >= 4 is 18.7 Å². The van der Waals surface area contributed by atoms with Gasteiger partial charge in [-0.15, -0.1) is 0 Å². The molecule has 0 unspecified atom stereocenters. The molecule has 2 aromatic carbocycles. The van der Waals surface area contributed by atoms with Gasteiger partial charge in [0.15, 0.2) is 0 Å². The predicted octanol–water partition coefficient (Wildman–Crippen LogP) is 0.835. The summed E-state index contributed by atoms with van der Waals surface area (Å²) in [6.45, 7) is 0.699. The lowest BCUT2D eigenvalue weighted by Gasteiger charge is -2.07. The molecule has 0 saturated carbocycles. The molecule has 0 saturated heterocycles. The zero-order valence-electron chi connectivity index (χ0n) is 12.1. The molecule has 0 bridgehead atoms. The van der Waals surface area contributed by atoms with E-state index < -0.39 is 13.2 Å². The first-order valence-corrected chi connectivity index (χ1v) is 7.04. The molecule has 0 aliphatic heterocycles. The van der Waals surface area contributed by atoms with Crippen LogP contribution in [0, 0.1) is 0 Å². The molecule has 2 rings (SSSR count). The lowest BCUT2D eigenvalue weighted by atomic mass is 9.80. The van der Waals surface area contributed by atoms with Crippen molar-refractivity contribution in [1.82, 2.24) is 5.32 Å². The first kappa shape index (κ1) is 16.1. The standard InChI is InChI=1S/C16H18BNO4/c19-16(22-12-14-4-2-1-3-5-14)18-11-10-13-6-8-15(9-7-13)17(20)21/h1-9,20-21H,10-12H2,(H,18,19). The highest BCUT2D eigenvalue weighted by Gasteiger charge is 2.09. The molecule has 22 heavy (non-hydrogen) atoms. The highest BCUT2D eigenvalue weighted by molar-refractivity contribution is 6.58. The average molecular weight is 299 g/mol. The van der Waals surface area contributed by atoms with E-state index >= 15 is 0 Å². The van der Waals surface area contributed by atoms with Crippen LogP contribution >= 0.6 is 0 Å². The van der Waals surface area contributed by atoms with Gasteiger partial charge in [-0.2, -0.15) is 0 Å². The summed E-state index contributed by atoms with van der Waals surface area (Å²) in [6.07, 6.45) is 0.189. The molecule has 114 valence electrons. The minimum atomic E-state index is -1.46. The third-order valence-corrected chi connectivity index (χ3v) is 3.17. The summed E-state index contributed by atoms with van der Waals surface area (Å²) >= 11 is 0. The third-order valence-electron chi connectivity index (χ3n) is 3.17. The summed E-state index contributed by atoms with van der Waals surface area (Å²) in [5.41, 5.74) is 2.38. The first-order valence-electron chi connectivity index (χ1n) is 7.04. The monoisotopic (exact) mass is 299 g/mol. The van der Waals surface area contributed by atoms with Gasteiger partial charge in [0, 0.05) is 6.54 Å². The molecule has 0 fully saturated rings. The zero-order valence-corrected chi connectivity index (χ0v) is 12.1. The topological polar surface area (TPSA) is 78.8 Å². The molecule has 0 aliphatic carbocycles. The van der Waals surface area contributed by atoms with E-state index in [-0.39, 0.29) is 6.61 Å². The van der Waals surface area contributed by atoms with Gasteiger partial charge in [0.25, 0.3) is 0 Å². The minimum Gasteiger partial charge on any atom is -0.445 e. The summed E-state index contributed by atoms with van der Waals surface area (Å²) < 4.78 is 5.10. The van der Waals surface area contributed by atoms with Crippen LogP contribution in [0.1, 0.15) is 11.1 Å². The van der Waals surface area contributed by atoms with Crippen LogP contribution in [0.15, 0.2) is 54.6 Å². The van der Waals surface area contributed by atoms with Crippen molar-refractivity contribution in [3.05, 3.63) is 65.7 Å². The lowest BCUT2D eigenvalue weighted by Crippen LogP contribution is -2.29. The van der Waals surface area contributed by atoms with Crippen molar-refractivity contribution in [3.8, 4) is 0 Å². The number of carbonyl (C=O) groups is 1. The molecule has 0 aromatic heterocycles. The number of nitrogens with one attached hydrogen (secondary N) is 1. The third kappa shape index (κ3) is 5.23. The Labute approximate surface area is 129 Å². The van der Waals surface area contributed by atoms with Gasteiger partial charge < -0.3 is 20.1 Å². The Kier molecular flexibility index (Phi) is 6.00. The van der Waals surface area contributed by atoms with Crippen molar-refractivity contribution < 1.29 is 19.6 Å². The van der Waals surface area contributed by atoms with Gasteiger partial charge >= 0.3 is 13.2 Å². The Morgan fingerprint density at radius 2 is 1.68 bits per heavy atom. The normalized spacial score (nSPS) is 10.1. The van der Waals surface area contributed by atoms with Gasteiger partial charge in [-0.05, 0) is 23.0 Å². The molecular formula is C16H18BNO4. The Morgan fingerprint density at radius 3 is 2.32 bits per heavy atom. The Balaban J connectivity index is 1.68. The zero-order chi connectivity index (χ0) is 15.8. The summed E-state index contributed by atoms with van der Waals surface area (Å²) in [4.78, 5) is 11.6. The number of benzene rings is 2. The number of hydrogen-bond donors (Lipinski definition) is 3. The molecule has 0 radical (unpaired) electrons. The van der Waals surface area contributed by atoms with Crippen molar-refractivity contribution in [3.63, 3.8) is 0 Å². The second-order valence-electron chi connectivity index (χ2n) is 4.85. The van der Waals surface area contributed by atoms with Crippen LogP contribution in [0.5, 0.6) is 0 Å². The molecule has 2 aromatic rings. The molecule has 6 heteroatoms. The molecule has 0 atom stereocenters. The summed E-state index contributed by atoms with van der Waals surface area (Å²) in [5.74, 6) is 0. The number of carbonyl (C=O) groups excluding carboxylic acids is 1. The number of alkyl carbamates (subject to hydrolysis) is 1. The first-order chi connectivity index (χ1) is 10.6. The second kappa shape index (κ2) is 8.21. The maximum atomic E-state index is 11.6. The van der Waals surface area contributed by atoms with Gasteiger partial charge in [0.05, 0.1) is 0 Å².